The fraction of sp³-hybridized carbons (Fsp3) is 0.529. The van der Waals surface area contributed by atoms with E-state index in [1.165, 1.54) is 12.1 Å². The summed E-state index contributed by atoms with van der Waals surface area (Å²) in [5, 5.41) is 0. The molecule has 2 fully saturated rings. The molecule has 2 aliphatic rings. The average molecular weight is 383 g/mol. The van der Waals surface area contributed by atoms with Gasteiger partial charge in [-0.1, -0.05) is 0 Å². The van der Waals surface area contributed by atoms with E-state index in [1.807, 2.05) is 0 Å². The third-order valence-electron chi connectivity index (χ3n) is 4.63. The van der Waals surface area contributed by atoms with Crippen molar-refractivity contribution >= 4 is 21.8 Å². The van der Waals surface area contributed by atoms with Gasteiger partial charge in [-0.2, -0.15) is 0 Å². The Morgan fingerprint density at radius 2 is 1.62 bits per heavy atom. The molecular formula is C17H22FN3O4S. The van der Waals surface area contributed by atoms with Crippen molar-refractivity contribution in [1.29, 1.82) is 0 Å². The number of carbonyl (C=O) groups is 2. The number of nitrogens with zero attached hydrogens (tertiary/aromatic N) is 2. The van der Waals surface area contributed by atoms with Gasteiger partial charge in [0, 0.05) is 45.1 Å². The number of hydrogen-bond donors (Lipinski definition) is 1. The first kappa shape index (κ1) is 18.8. The fourth-order valence-electron chi connectivity index (χ4n) is 2.91. The maximum absolute atomic E-state index is 12.9. The van der Waals surface area contributed by atoms with Crippen LogP contribution in [0.15, 0.2) is 29.2 Å². The number of halogens is 1. The quantitative estimate of drug-likeness (QED) is 0.778. The van der Waals surface area contributed by atoms with E-state index in [4.69, 9.17) is 0 Å². The molecule has 142 valence electrons. The minimum Gasteiger partial charge on any atom is -0.339 e. The van der Waals surface area contributed by atoms with Gasteiger partial charge in [-0.15, -0.1) is 0 Å². The highest BCUT2D eigenvalue weighted by atomic mass is 32.2. The highest BCUT2D eigenvalue weighted by Gasteiger charge is 2.35. The number of carbonyl (C=O) groups excluding carboxylic acids is 2. The van der Waals surface area contributed by atoms with Crippen molar-refractivity contribution in [1.82, 2.24) is 14.5 Å². The molecule has 26 heavy (non-hydrogen) atoms. The molecule has 0 bridgehead atoms. The molecule has 0 atom stereocenters. The molecule has 1 aromatic carbocycles. The number of nitrogens with one attached hydrogen (secondary N) is 1. The van der Waals surface area contributed by atoms with Gasteiger partial charge >= 0.3 is 0 Å². The summed E-state index contributed by atoms with van der Waals surface area (Å²) in [6.45, 7) is 1.98. The van der Waals surface area contributed by atoms with E-state index in [1.54, 1.807) is 9.80 Å². The Balaban J connectivity index is 1.43. The zero-order chi connectivity index (χ0) is 18.7. The number of amides is 2. The lowest BCUT2D eigenvalue weighted by Gasteiger charge is -2.35. The van der Waals surface area contributed by atoms with E-state index in [-0.39, 0.29) is 35.6 Å². The molecule has 0 unspecified atom stereocenters. The third kappa shape index (κ3) is 4.59. The molecule has 1 saturated heterocycles. The van der Waals surface area contributed by atoms with Crippen molar-refractivity contribution < 1.29 is 22.4 Å². The topological polar surface area (TPSA) is 86.8 Å². The van der Waals surface area contributed by atoms with Crippen LogP contribution in [0.4, 0.5) is 4.39 Å². The van der Waals surface area contributed by atoms with Gasteiger partial charge < -0.3 is 9.80 Å². The molecule has 0 spiro atoms. The van der Waals surface area contributed by atoms with Crippen LogP contribution in [0.5, 0.6) is 0 Å². The van der Waals surface area contributed by atoms with Crippen LogP contribution < -0.4 is 4.72 Å². The van der Waals surface area contributed by atoms with Crippen LogP contribution >= 0.6 is 0 Å². The summed E-state index contributed by atoms with van der Waals surface area (Å²) >= 11 is 0. The predicted octanol–water partition coefficient (Wildman–Crippen LogP) is 0.575. The largest absolute Gasteiger partial charge is 0.339 e. The summed E-state index contributed by atoms with van der Waals surface area (Å²) in [7, 11) is -3.77. The Kier molecular flexibility index (Phi) is 5.57. The zero-order valence-electron chi connectivity index (χ0n) is 14.4. The van der Waals surface area contributed by atoms with Gasteiger partial charge in [-0.05, 0) is 37.1 Å². The second-order valence-electron chi connectivity index (χ2n) is 6.58. The molecule has 3 rings (SSSR count). The van der Waals surface area contributed by atoms with Crippen molar-refractivity contribution in [3.05, 3.63) is 30.1 Å². The molecule has 1 N–H and O–H groups in total. The van der Waals surface area contributed by atoms with Gasteiger partial charge in [0.05, 0.1) is 4.90 Å². The first-order valence-electron chi connectivity index (χ1n) is 8.68. The van der Waals surface area contributed by atoms with Gasteiger partial charge in [0.15, 0.2) is 0 Å². The summed E-state index contributed by atoms with van der Waals surface area (Å²) in [6, 6.07) is 4.50. The van der Waals surface area contributed by atoms with Gasteiger partial charge in [-0.3, -0.25) is 9.59 Å². The normalized spacial score (nSPS) is 18.0. The van der Waals surface area contributed by atoms with Crippen molar-refractivity contribution in [2.45, 2.75) is 24.2 Å². The van der Waals surface area contributed by atoms with Crippen molar-refractivity contribution in [3.8, 4) is 0 Å². The SMILES string of the molecule is O=C(CCNS(=O)(=O)c1ccc(F)cc1)N1CCN(C(=O)C2CC2)CC1. The molecule has 1 aliphatic carbocycles. The first-order valence-corrected chi connectivity index (χ1v) is 10.2. The van der Waals surface area contributed by atoms with Crippen LogP contribution in [0.2, 0.25) is 0 Å². The Bertz CT molecular complexity index is 770. The van der Waals surface area contributed by atoms with E-state index < -0.39 is 15.8 Å². The summed E-state index contributed by atoms with van der Waals surface area (Å²) in [5.74, 6) is -0.300. The molecule has 0 aromatic heterocycles. The van der Waals surface area contributed by atoms with Gasteiger partial charge in [0.25, 0.3) is 0 Å². The maximum Gasteiger partial charge on any atom is 0.240 e. The predicted molar refractivity (Wildman–Crippen MR) is 92.1 cm³/mol. The second kappa shape index (κ2) is 7.71. The maximum atomic E-state index is 12.9. The van der Waals surface area contributed by atoms with E-state index in [2.05, 4.69) is 4.72 Å². The van der Waals surface area contributed by atoms with E-state index in [0.717, 1.165) is 25.0 Å². The van der Waals surface area contributed by atoms with Crippen LogP contribution in [0, 0.1) is 11.7 Å². The summed E-state index contributed by atoms with van der Waals surface area (Å²) < 4.78 is 39.4. The number of piperazine rings is 1. The number of sulfonamides is 1. The standard InChI is InChI=1S/C17H22FN3O4S/c18-14-3-5-15(6-4-14)26(24,25)19-8-7-16(22)20-9-11-21(12-10-20)17(23)13-1-2-13/h3-6,13,19H,1-2,7-12H2. The lowest BCUT2D eigenvalue weighted by atomic mass is 10.2. The highest BCUT2D eigenvalue weighted by molar-refractivity contribution is 7.89. The second-order valence-corrected chi connectivity index (χ2v) is 8.35. The minimum absolute atomic E-state index is 0.0280. The van der Waals surface area contributed by atoms with E-state index in [9.17, 15) is 22.4 Å². The first-order chi connectivity index (χ1) is 12.4. The Hall–Kier alpha value is -2.00. The lowest BCUT2D eigenvalue weighted by Crippen LogP contribution is -2.51. The number of rotatable bonds is 6. The van der Waals surface area contributed by atoms with Crippen molar-refractivity contribution in [2.75, 3.05) is 32.7 Å². The Morgan fingerprint density at radius 3 is 2.19 bits per heavy atom. The van der Waals surface area contributed by atoms with Crippen molar-refractivity contribution in [2.24, 2.45) is 5.92 Å². The molecule has 1 aromatic rings. The lowest BCUT2D eigenvalue weighted by molar-refractivity contribution is -0.140. The Morgan fingerprint density at radius 1 is 1.04 bits per heavy atom. The molecule has 9 heteroatoms. The molecule has 7 nitrogen and oxygen atoms in total. The summed E-state index contributed by atoms with van der Waals surface area (Å²) in [6.07, 6.45) is 1.97. The molecule has 2 amide bonds. The Labute approximate surface area is 152 Å². The number of hydrogen-bond acceptors (Lipinski definition) is 4. The zero-order valence-corrected chi connectivity index (χ0v) is 15.2. The van der Waals surface area contributed by atoms with Crippen LogP contribution in [-0.2, 0) is 19.6 Å². The van der Waals surface area contributed by atoms with Crippen molar-refractivity contribution in [3.63, 3.8) is 0 Å². The summed E-state index contributed by atoms with van der Waals surface area (Å²) in [5.41, 5.74) is 0. The number of benzene rings is 1. The monoisotopic (exact) mass is 383 g/mol. The highest BCUT2D eigenvalue weighted by Crippen LogP contribution is 2.31. The van der Waals surface area contributed by atoms with Crippen LogP contribution in [0.1, 0.15) is 19.3 Å². The minimum atomic E-state index is -3.77. The molecule has 1 heterocycles. The molecule has 1 aliphatic heterocycles. The van der Waals surface area contributed by atoms with E-state index >= 15 is 0 Å². The third-order valence-corrected chi connectivity index (χ3v) is 6.10. The van der Waals surface area contributed by atoms with Gasteiger partial charge in [0.1, 0.15) is 5.82 Å². The molecule has 1 saturated carbocycles. The van der Waals surface area contributed by atoms with Gasteiger partial charge in [-0.25, -0.2) is 17.5 Å². The summed E-state index contributed by atoms with van der Waals surface area (Å²) in [4.78, 5) is 27.6. The van der Waals surface area contributed by atoms with Crippen LogP contribution in [0.3, 0.4) is 0 Å². The smallest absolute Gasteiger partial charge is 0.240 e. The van der Waals surface area contributed by atoms with Crippen LogP contribution in [-0.4, -0.2) is 62.8 Å². The molecule has 0 radical (unpaired) electrons. The average Bonchev–Trinajstić information content (AvgIpc) is 3.46. The molecular weight excluding hydrogens is 361 g/mol. The fourth-order valence-corrected chi connectivity index (χ4v) is 3.94. The van der Waals surface area contributed by atoms with Crippen LogP contribution in [0.25, 0.3) is 0 Å². The van der Waals surface area contributed by atoms with Gasteiger partial charge in [0.2, 0.25) is 21.8 Å². The van der Waals surface area contributed by atoms with E-state index in [0.29, 0.717) is 26.2 Å².